The standard InChI is InChI=1S/C19H22N4O2/c20-18(21-25)16-6-8-17(9-7-16)19(24)23-12-10-22(11-13-23)14-15-4-2-1-3-5-15/h1-9,25H,10-14H2,(H2,20,21). The van der Waals surface area contributed by atoms with E-state index in [0.717, 1.165) is 19.6 Å². The van der Waals surface area contributed by atoms with E-state index in [0.29, 0.717) is 24.2 Å². The van der Waals surface area contributed by atoms with Crippen molar-refractivity contribution >= 4 is 11.7 Å². The van der Waals surface area contributed by atoms with Gasteiger partial charge >= 0.3 is 0 Å². The number of nitrogens with two attached hydrogens (primary N) is 1. The minimum absolute atomic E-state index is 0.0189. The van der Waals surface area contributed by atoms with Crippen molar-refractivity contribution in [1.29, 1.82) is 0 Å². The van der Waals surface area contributed by atoms with E-state index in [1.54, 1.807) is 24.3 Å². The van der Waals surface area contributed by atoms with Gasteiger partial charge in [0, 0.05) is 43.9 Å². The molecule has 1 heterocycles. The van der Waals surface area contributed by atoms with E-state index < -0.39 is 0 Å². The van der Waals surface area contributed by atoms with Gasteiger partial charge in [-0.05, 0) is 17.7 Å². The third-order valence-corrected chi connectivity index (χ3v) is 4.44. The van der Waals surface area contributed by atoms with Crippen LogP contribution in [0.25, 0.3) is 0 Å². The Kier molecular flexibility index (Phi) is 5.30. The fourth-order valence-electron chi connectivity index (χ4n) is 2.97. The van der Waals surface area contributed by atoms with E-state index >= 15 is 0 Å². The molecule has 0 radical (unpaired) electrons. The summed E-state index contributed by atoms with van der Waals surface area (Å²) in [5, 5.41) is 11.6. The van der Waals surface area contributed by atoms with Gasteiger partial charge in [0.1, 0.15) is 0 Å². The summed E-state index contributed by atoms with van der Waals surface area (Å²) in [5.41, 5.74) is 8.04. The van der Waals surface area contributed by atoms with Crippen LogP contribution in [0.1, 0.15) is 21.5 Å². The molecule has 3 N–H and O–H groups in total. The molecule has 1 saturated heterocycles. The van der Waals surface area contributed by atoms with Crippen molar-refractivity contribution in [2.24, 2.45) is 10.9 Å². The maximum atomic E-state index is 12.6. The summed E-state index contributed by atoms with van der Waals surface area (Å²) in [6, 6.07) is 17.2. The van der Waals surface area contributed by atoms with Gasteiger partial charge < -0.3 is 15.8 Å². The molecular weight excluding hydrogens is 316 g/mol. The van der Waals surface area contributed by atoms with Gasteiger partial charge in [-0.3, -0.25) is 9.69 Å². The zero-order valence-corrected chi connectivity index (χ0v) is 14.0. The van der Waals surface area contributed by atoms with Crippen molar-refractivity contribution in [2.75, 3.05) is 26.2 Å². The molecule has 6 heteroatoms. The van der Waals surface area contributed by atoms with Gasteiger partial charge in [0.2, 0.25) is 0 Å². The predicted octanol–water partition coefficient (Wildman–Crippen LogP) is 1.74. The minimum Gasteiger partial charge on any atom is -0.409 e. The van der Waals surface area contributed by atoms with Crippen molar-refractivity contribution < 1.29 is 10.0 Å². The first kappa shape index (κ1) is 17.0. The molecule has 0 bridgehead atoms. The lowest BCUT2D eigenvalue weighted by Gasteiger charge is -2.34. The van der Waals surface area contributed by atoms with E-state index in [1.165, 1.54) is 5.56 Å². The molecule has 6 nitrogen and oxygen atoms in total. The highest BCUT2D eigenvalue weighted by Gasteiger charge is 2.22. The van der Waals surface area contributed by atoms with E-state index in [1.807, 2.05) is 23.1 Å². The first-order valence-electron chi connectivity index (χ1n) is 8.31. The van der Waals surface area contributed by atoms with E-state index in [-0.39, 0.29) is 11.7 Å². The SMILES string of the molecule is N/C(=N/O)c1ccc(C(=O)N2CCN(Cc3ccccc3)CC2)cc1. The Morgan fingerprint density at radius 3 is 2.16 bits per heavy atom. The smallest absolute Gasteiger partial charge is 0.253 e. The fraction of sp³-hybridized carbons (Fsp3) is 0.263. The average molecular weight is 338 g/mol. The largest absolute Gasteiger partial charge is 0.409 e. The number of hydrogen-bond acceptors (Lipinski definition) is 4. The highest BCUT2D eigenvalue weighted by molar-refractivity contribution is 5.99. The van der Waals surface area contributed by atoms with Gasteiger partial charge in [-0.15, -0.1) is 0 Å². The van der Waals surface area contributed by atoms with Crippen LogP contribution in [-0.2, 0) is 6.54 Å². The van der Waals surface area contributed by atoms with Crippen molar-refractivity contribution in [3.05, 3.63) is 71.3 Å². The van der Waals surface area contributed by atoms with Gasteiger partial charge in [0.05, 0.1) is 0 Å². The second-order valence-electron chi connectivity index (χ2n) is 6.12. The number of carbonyl (C=O) groups excluding carboxylic acids is 1. The van der Waals surface area contributed by atoms with Crippen molar-refractivity contribution in [2.45, 2.75) is 6.54 Å². The van der Waals surface area contributed by atoms with Crippen LogP contribution in [0.2, 0.25) is 0 Å². The maximum absolute atomic E-state index is 12.6. The number of oxime groups is 1. The molecule has 25 heavy (non-hydrogen) atoms. The fourth-order valence-corrected chi connectivity index (χ4v) is 2.97. The van der Waals surface area contributed by atoms with Gasteiger partial charge in [0.25, 0.3) is 5.91 Å². The molecule has 0 aromatic heterocycles. The Morgan fingerprint density at radius 2 is 1.56 bits per heavy atom. The first-order chi connectivity index (χ1) is 12.2. The first-order valence-corrected chi connectivity index (χ1v) is 8.31. The zero-order chi connectivity index (χ0) is 17.6. The summed E-state index contributed by atoms with van der Waals surface area (Å²) >= 11 is 0. The van der Waals surface area contributed by atoms with E-state index in [4.69, 9.17) is 10.9 Å². The van der Waals surface area contributed by atoms with Crippen LogP contribution < -0.4 is 5.73 Å². The molecule has 0 aliphatic carbocycles. The molecular formula is C19H22N4O2. The third-order valence-electron chi connectivity index (χ3n) is 4.44. The lowest BCUT2D eigenvalue weighted by atomic mass is 10.1. The predicted molar refractivity (Wildman–Crippen MR) is 96.6 cm³/mol. The van der Waals surface area contributed by atoms with Crippen LogP contribution in [0.3, 0.4) is 0 Å². The molecule has 1 amide bonds. The molecule has 0 saturated carbocycles. The van der Waals surface area contributed by atoms with Gasteiger partial charge in [-0.1, -0.05) is 47.6 Å². The van der Waals surface area contributed by atoms with Crippen LogP contribution in [0, 0.1) is 0 Å². The molecule has 3 rings (SSSR count). The molecule has 0 spiro atoms. The average Bonchev–Trinajstić information content (AvgIpc) is 2.68. The summed E-state index contributed by atoms with van der Waals surface area (Å²) in [6.45, 7) is 4.07. The number of benzene rings is 2. The van der Waals surface area contributed by atoms with Gasteiger partial charge in [-0.25, -0.2) is 0 Å². The molecule has 0 atom stereocenters. The lowest BCUT2D eigenvalue weighted by Crippen LogP contribution is -2.48. The number of carbonyl (C=O) groups is 1. The lowest BCUT2D eigenvalue weighted by molar-refractivity contribution is 0.0628. The molecule has 1 fully saturated rings. The summed E-state index contributed by atoms with van der Waals surface area (Å²) in [5.74, 6) is 0.0546. The number of amides is 1. The number of hydrogen-bond donors (Lipinski definition) is 2. The quantitative estimate of drug-likeness (QED) is 0.385. The number of piperazine rings is 1. The number of nitrogens with zero attached hydrogens (tertiary/aromatic N) is 3. The Bertz CT molecular complexity index is 736. The number of amidine groups is 1. The number of rotatable bonds is 4. The second kappa shape index (κ2) is 7.81. The topological polar surface area (TPSA) is 82.2 Å². The van der Waals surface area contributed by atoms with Crippen LogP contribution in [0.5, 0.6) is 0 Å². The van der Waals surface area contributed by atoms with Crippen LogP contribution >= 0.6 is 0 Å². The Balaban J connectivity index is 1.56. The summed E-state index contributed by atoms with van der Waals surface area (Å²) < 4.78 is 0. The highest BCUT2D eigenvalue weighted by Crippen LogP contribution is 2.12. The molecule has 0 unspecified atom stereocenters. The Hall–Kier alpha value is -2.86. The maximum Gasteiger partial charge on any atom is 0.253 e. The van der Waals surface area contributed by atoms with Crippen molar-refractivity contribution in [1.82, 2.24) is 9.80 Å². The van der Waals surface area contributed by atoms with Crippen LogP contribution in [-0.4, -0.2) is 52.9 Å². The van der Waals surface area contributed by atoms with E-state index in [2.05, 4.69) is 22.2 Å². The molecule has 130 valence electrons. The van der Waals surface area contributed by atoms with Crippen molar-refractivity contribution in [3.8, 4) is 0 Å². The third kappa shape index (κ3) is 4.16. The van der Waals surface area contributed by atoms with Crippen LogP contribution in [0.15, 0.2) is 59.8 Å². The highest BCUT2D eigenvalue weighted by atomic mass is 16.4. The zero-order valence-electron chi connectivity index (χ0n) is 14.0. The summed E-state index contributed by atoms with van der Waals surface area (Å²) in [7, 11) is 0. The molecule has 2 aromatic rings. The normalized spacial score (nSPS) is 16.0. The Labute approximate surface area is 147 Å². The van der Waals surface area contributed by atoms with Crippen LogP contribution in [0.4, 0.5) is 0 Å². The van der Waals surface area contributed by atoms with Gasteiger partial charge in [-0.2, -0.15) is 0 Å². The monoisotopic (exact) mass is 338 g/mol. The molecule has 2 aromatic carbocycles. The molecule has 1 aliphatic rings. The van der Waals surface area contributed by atoms with E-state index in [9.17, 15) is 4.79 Å². The molecule has 1 aliphatic heterocycles. The van der Waals surface area contributed by atoms with Crippen molar-refractivity contribution in [3.63, 3.8) is 0 Å². The minimum atomic E-state index is 0.0189. The second-order valence-corrected chi connectivity index (χ2v) is 6.12. The summed E-state index contributed by atoms with van der Waals surface area (Å²) in [6.07, 6.45) is 0. The summed E-state index contributed by atoms with van der Waals surface area (Å²) in [4.78, 5) is 16.8. The Morgan fingerprint density at radius 1 is 0.960 bits per heavy atom. The van der Waals surface area contributed by atoms with Gasteiger partial charge in [0.15, 0.2) is 5.84 Å².